The Bertz CT molecular complexity index is 1060. The van der Waals surface area contributed by atoms with E-state index >= 15 is 0 Å². The molecule has 0 bridgehead atoms. The van der Waals surface area contributed by atoms with Crippen molar-refractivity contribution in [2.75, 3.05) is 0 Å². The highest BCUT2D eigenvalue weighted by atomic mass is 16.4. The van der Waals surface area contributed by atoms with Crippen LogP contribution in [0.2, 0.25) is 0 Å². The fraction of sp³-hybridized carbons (Fsp3) is 0.667. The van der Waals surface area contributed by atoms with Gasteiger partial charge >= 0.3 is 5.97 Å². The molecule has 2 aromatic heterocycles. The molecule has 0 amide bonds. The van der Waals surface area contributed by atoms with E-state index in [-0.39, 0.29) is 29.0 Å². The topological polar surface area (TPSA) is 109 Å². The predicted molar refractivity (Wildman–Crippen MR) is 134 cm³/mol. The highest BCUT2D eigenvalue weighted by Gasteiger charge is 2.32. The largest absolute Gasteiger partial charge is 0.476 e. The van der Waals surface area contributed by atoms with Crippen molar-refractivity contribution in [3.05, 3.63) is 45.6 Å². The van der Waals surface area contributed by atoms with Crippen molar-refractivity contribution in [1.29, 1.82) is 0 Å². The number of hydrogen-bond acceptors (Lipinski definition) is 6. The Kier molecular flexibility index (Phi) is 7.93. The number of rotatable bonds is 7. The predicted octanol–water partition coefficient (Wildman–Crippen LogP) is 5.53. The lowest BCUT2D eigenvalue weighted by Gasteiger charge is -2.29. The van der Waals surface area contributed by atoms with Crippen LogP contribution in [0.15, 0.2) is 0 Å². The minimum atomic E-state index is -1.06. The van der Waals surface area contributed by atoms with Gasteiger partial charge in [0.15, 0.2) is 5.69 Å². The smallest absolute Gasteiger partial charge is 0.356 e. The number of carboxylic acids is 1. The van der Waals surface area contributed by atoms with E-state index in [0.717, 1.165) is 35.6 Å². The first-order valence-electron chi connectivity index (χ1n) is 12.0. The van der Waals surface area contributed by atoms with E-state index < -0.39 is 11.4 Å². The maximum absolute atomic E-state index is 12.0. The lowest BCUT2D eigenvalue weighted by atomic mass is 9.79. The van der Waals surface area contributed by atoms with Crippen LogP contribution in [0.3, 0.4) is 0 Å². The summed E-state index contributed by atoms with van der Waals surface area (Å²) in [6.45, 7) is 22.1. The number of nitrogens with zero attached hydrogens (tertiary/aromatic N) is 4. The van der Waals surface area contributed by atoms with Gasteiger partial charge in [-0.3, -0.25) is 15.0 Å². The van der Waals surface area contributed by atoms with E-state index in [1.165, 1.54) is 0 Å². The number of aliphatic hydroxyl groups is 1. The first kappa shape index (κ1) is 27.8. The van der Waals surface area contributed by atoms with Crippen molar-refractivity contribution in [2.24, 2.45) is 0 Å². The Hall–Kier alpha value is -2.41. The number of aliphatic hydroxyl groups excluding tert-OH is 1. The summed E-state index contributed by atoms with van der Waals surface area (Å²) in [6, 6.07) is 0. The summed E-state index contributed by atoms with van der Waals surface area (Å²) in [5.74, 6) is -0.984. The third-order valence-corrected chi connectivity index (χ3v) is 6.33. The second-order valence-corrected chi connectivity index (χ2v) is 12.1. The number of aryl methyl sites for hydroxylation is 2. The highest BCUT2D eigenvalue weighted by Crippen LogP contribution is 2.35. The van der Waals surface area contributed by atoms with Gasteiger partial charge in [-0.25, -0.2) is 9.78 Å². The average molecular weight is 471 g/mol. The maximum Gasteiger partial charge on any atom is 0.356 e. The molecule has 0 aliphatic carbocycles. The average Bonchev–Trinajstić information content (AvgIpc) is 2.69. The molecular weight excluding hydrogens is 428 g/mol. The summed E-state index contributed by atoms with van der Waals surface area (Å²) in [5, 5.41) is 19.8. The summed E-state index contributed by atoms with van der Waals surface area (Å²) < 4.78 is 0. The molecule has 2 heterocycles. The molecule has 0 aromatic carbocycles. The zero-order valence-corrected chi connectivity index (χ0v) is 22.8. The number of aromatic nitrogens is 4. The molecule has 0 saturated carbocycles. The molecule has 0 saturated heterocycles. The quantitative estimate of drug-likeness (QED) is 0.547. The Morgan fingerprint density at radius 2 is 1.35 bits per heavy atom. The first-order chi connectivity index (χ1) is 15.4. The molecule has 0 radical (unpaired) electrons. The van der Waals surface area contributed by atoms with Crippen molar-refractivity contribution < 1.29 is 15.0 Å². The maximum atomic E-state index is 12.0. The number of aromatic carboxylic acids is 1. The highest BCUT2D eigenvalue weighted by molar-refractivity contribution is 5.87. The molecule has 0 aliphatic heterocycles. The van der Waals surface area contributed by atoms with Gasteiger partial charge in [-0.2, -0.15) is 0 Å². The molecule has 0 spiro atoms. The monoisotopic (exact) mass is 470 g/mol. The van der Waals surface area contributed by atoms with Crippen molar-refractivity contribution in [3.63, 3.8) is 0 Å². The first-order valence-corrected chi connectivity index (χ1v) is 12.0. The van der Waals surface area contributed by atoms with Crippen molar-refractivity contribution in [1.82, 2.24) is 19.9 Å². The van der Waals surface area contributed by atoms with Gasteiger partial charge in [0, 0.05) is 22.2 Å². The summed E-state index contributed by atoms with van der Waals surface area (Å²) in [7, 11) is 0. The van der Waals surface area contributed by atoms with E-state index in [4.69, 9.17) is 15.0 Å². The second-order valence-electron chi connectivity index (χ2n) is 12.1. The summed E-state index contributed by atoms with van der Waals surface area (Å²) >= 11 is 0. The van der Waals surface area contributed by atoms with E-state index in [0.29, 0.717) is 17.1 Å². The fourth-order valence-electron chi connectivity index (χ4n) is 4.46. The number of carbonyl (C=O) groups is 1. The number of hydrogen-bond donors (Lipinski definition) is 2. The van der Waals surface area contributed by atoms with Crippen molar-refractivity contribution >= 4 is 5.97 Å². The fourth-order valence-corrected chi connectivity index (χ4v) is 4.46. The zero-order valence-electron chi connectivity index (χ0n) is 22.8. The van der Waals surface area contributed by atoms with Gasteiger partial charge < -0.3 is 10.2 Å². The van der Waals surface area contributed by atoms with E-state index in [1.54, 1.807) is 0 Å². The normalized spacial score (nSPS) is 13.8. The molecule has 34 heavy (non-hydrogen) atoms. The van der Waals surface area contributed by atoms with Crippen LogP contribution in [0.4, 0.5) is 0 Å². The van der Waals surface area contributed by atoms with Gasteiger partial charge in [-0.05, 0) is 26.7 Å². The molecule has 0 fully saturated rings. The molecule has 0 aliphatic rings. The molecule has 7 heteroatoms. The Balaban J connectivity index is 2.38. The summed E-state index contributed by atoms with van der Waals surface area (Å²) in [5.41, 5.74) is 4.27. The lowest BCUT2D eigenvalue weighted by Crippen LogP contribution is -2.28. The Morgan fingerprint density at radius 3 is 1.82 bits per heavy atom. The third kappa shape index (κ3) is 5.98. The van der Waals surface area contributed by atoms with Crippen LogP contribution < -0.4 is 0 Å². The Morgan fingerprint density at radius 1 is 0.824 bits per heavy atom. The minimum Gasteiger partial charge on any atom is -0.476 e. The van der Waals surface area contributed by atoms with Gasteiger partial charge in [-0.1, -0.05) is 62.3 Å². The minimum absolute atomic E-state index is 0.0241. The molecule has 2 rings (SSSR count). The Labute approximate surface area is 204 Å². The summed E-state index contributed by atoms with van der Waals surface area (Å²) in [4.78, 5) is 30.9. The molecular formula is C27H42N4O3. The van der Waals surface area contributed by atoms with Gasteiger partial charge in [-0.15, -0.1) is 0 Å². The van der Waals surface area contributed by atoms with E-state index in [1.807, 2.05) is 34.6 Å². The van der Waals surface area contributed by atoms with Crippen LogP contribution >= 0.6 is 0 Å². The third-order valence-electron chi connectivity index (χ3n) is 6.33. The van der Waals surface area contributed by atoms with Gasteiger partial charge in [0.05, 0.1) is 46.5 Å². The van der Waals surface area contributed by atoms with Crippen LogP contribution in [-0.2, 0) is 22.9 Å². The summed E-state index contributed by atoms with van der Waals surface area (Å²) in [6.07, 6.45) is 1.54. The molecule has 7 nitrogen and oxygen atoms in total. The van der Waals surface area contributed by atoms with E-state index in [2.05, 4.69) is 46.5 Å². The van der Waals surface area contributed by atoms with Gasteiger partial charge in [0.25, 0.3) is 0 Å². The van der Waals surface area contributed by atoms with Gasteiger partial charge in [0.1, 0.15) is 0 Å². The second kappa shape index (κ2) is 9.68. The zero-order chi connectivity index (χ0) is 26.2. The SMILES string of the molecule is Cc1nc(C(C)CCC(C)(C)c2nc(C(=O)O)c(C(C)(C)C)nc2C)c(CO)nc1C(C)(C)C. The molecule has 188 valence electrons. The van der Waals surface area contributed by atoms with Crippen LogP contribution in [0.25, 0.3) is 0 Å². The molecule has 1 atom stereocenters. The van der Waals surface area contributed by atoms with E-state index in [9.17, 15) is 15.0 Å². The molecule has 1 unspecified atom stereocenters. The van der Waals surface area contributed by atoms with Crippen LogP contribution in [0.5, 0.6) is 0 Å². The standard InChI is InChI=1S/C27H42N4O3/c1-15(19-18(14-32)30-21(16(2)28-19)25(4,5)6)12-13-27(10,11)22-17(3)29-23(26(7,8)9)20(31-22)24(33)34/h15,32H,12-14H2,1-11H3,(H,33,34). The molecule has 2 N–H and O–H groups in total. The molecule has 2 aromatic rings. The van der Waals surface area contributed by atoms with Gasteiger partial charge in [0.2, 0.25) is 0 Å². The van der Waals surface area contributed by atoms with Crippen molar-refractivity contribution in [3.8, 4) is 0 Å². The van der Waals surface area contributed by atoms with Crippen LogP contribution in [0.1, 0.15) is 131 Å². The number of carboxylic acid groups (broad SMARTS) is 1. The van der Waals surface area contributed by atoms with Crippen molar-refractivity contribution in [2.45, 2.75) is 118 Å². The van der Waals surface area contributed by atoms with Crippen LogP contribution in [-0.4, -0.2) is 36.1 Å². The van der Waals surface area contributed by atoms with Crippen LogP contribution in [0, 0.1) is 13.8 Å². The lowest BCUT2D eigenvalue weighted by molar-refractivity contribution is 0.0685.